The van der Waals surface area contributed by atoms with Gasteiger partial charge in [0.1, 0.15) is 12.1 Å². The zero-order valence-electron chi connectivity index (χ0n) is 20.0. The first-order valence-corrected chi connectivity index (χ1v) is 11.4. The maximum atomic E-state index is 12.0. The van der Waals surface area contributed by atoms with Crippen LogP contribution >= 0.6 is 0 Å². The van der Waals surface area contributed by atoms with Gasteiger partial charge in [-0.05, 0) is 63.5 Å². The van der Waals surface area contributed by atoms with Crippen molar-refractivity contribution in [1.82, 2.24) is 24.9 Å². The molecule has 33 heavy (non-hydrogen) atoms. The molecule has 9 nitrogen and oxygen atoms in total. The van der Waals surface area contributed by atoms with E-state index in [1.807, 2.05) is 20.8 Å². The van der Waals surface area contributed by atoms with Crippen molar-refractivity contribution >= 4 is 16.9 Å². The quantitative estimate of drug-likeness (QED) is 0.491. The predicted octanol–water partition coefficient (Wildman–Crippen LogP) is 4.01. The van der Waals surface area contributed by atoms with Gasteiger partial charge >= 0.3 is 5.97 Å². The van der Waals surface area contributed by atoms with Crippen molar-refractivity contribution in [2.45, 2.75) is 72.4 Å². The molecule has 0 aromatic carbocycles. The Bertz CT molecular complexity index is 1100. The molecule has 3 heterocycles. The van der Waals surface area contributed by atoms with Gasteiger partial charge in [-0.1, -0.05) is 25.4 Å². The van der Waals surface area contributed by atoms with E-state index in [-0.39, 0.29) is 23.7 Å². The molecule has 3 aromatic heterocycles. The van der Waals surface area contributed by atoms with Crippen molar-refractivity contribution in [1.29, 1.82) is 0 Å². The lowest BCUT2D eigenvalue weighted by Gasteiger charge is -2.21. The molecule has 0 bridgehead atoms. The highest BCUT2D eigenvalue weighted by atomic mass is 16.6. The summed E-state index contributed by atoms with van der Waals surface area (Å²) in [4.78, 5) is 31.5. The fourth-order valence-electron chi connectivity index (χ4n) is 3.89. The number of fused-ring (bicyclic) bond motifs is 1. The van der Waals surface area contributed by atoms with Crippen LogP contribution < -0.4 is 5.56 Å². The van der Waals surface area contributed by atoms with Gasteiger partial charge in [-0.15, -0.1) is 0 Å². The zero-order chi connectivity index (χ0) is 24.0. The monoisotopic (exact) mass is 455 g/mol. The minimum atomic E-state index is -0.345. The molecule has 1 saturated carbocycles. The van der Waals surface area contributed by atoms with Crippen LogP contribution in [0.2, 0.25) is 0 Å². The first-order chi connectivity index (χ1) is 15.7. The van der Waals surface area contributed by atoms with Gasteiger partial charge in [-0.25, -0.2) is 4.68 Å². The Labute approximate surface area is 193 Å². The minimum absolute atomic E-state index is 0.0475. The van der Waals surface area contributed by atoms with E-state index >= 15 is 0 Å². The largest absolute Gasteiger partial charge is 0.460 e. The molecule has 0 N–H and O–H groups in total. The number of rotatable bonds is 7. The third-order valence-corrected chi connectivity index (χ3v) is 5.55. The molecule has 9 heteroatoms. The van der Waals surface area contributed by atoms with Crippen LogP contribution in [-0.2, 0) is 16.1 Å². The first-order valence-electron chi connectivity index (χ1n) is 11.4. The number of carbonyl (C=O) groups excluding carboxylic acids is 1. The van der Waals surface area contributed by atoms with Gasteiger partial charge in [0.25, 0.3) is 5.56 Å². The fraction of sp³-hybridized carbons (Fsp3) is 0.583. The van der Waals surface area contributed by atoms with Gasteiger partial charge in [-0.2, -0.15) is 10.1 Å². The fourth-order valence-corrected chi connectivity index (χ4v) is 3.89. The lowest BCUT2D eigenvalue weighted by Crippen LogP contribution is -2.25. The minimum Gasteiger partial charge on any atom is -0.460 e. The molecule has 0 radical (unpaired) electrons. The topological polar surface area (TPSA) is 113 Å². The van der Waals surface area contributed by atoms with E-state index < -0.39 is 0 Å². The summed E-state index contributed by atoms with van der Waals surface area (Å²) in [6.07, 6.45) is 8.86. The average molecular weight is 456 g/mol. The maximum Gasteiger partial charge on any atom is 0.306 e. The molecule has 3 unspecified atom stereocenters. The Morgan fingerprint density at radius 2 is 2.09 bits per heavy atom. The van der Waals surface area contributed by atoms with Crippen molar-refractivity contribution in [2.24, 2.45) is 17.8 Å². The van der Waals surface area contributed by atoms with Crippen LogP contribution in [0.25, 0.3) is 10.9 Å². The van der Waals surface area contributed by atoms with Gasteiger partial charge in [-0.3, -0.25) is 14.6 Å². The smallest absolute Gasteiger partial charge is 0.306 e. The molecular weight excluding hydrogens is 422 g/mol. The predicted molar refractivity (Wildman–Crippen MR) is 123 cm³/mol. The van der Waals surface area contributed by atoms with E-state index in [9.17, 15) is 9.59 Å². The van der Waals surface area contributed by atoms with E-state index in [0.29, 0.717) is 29.1 Å². The summed E-state index contributed by atoms with van der Waals surface area (Å²) in [7, 11) is 0. The van der Waals surface area contributed by atoms with E-state index in [1.165, 1.54) is 36.5 Å². The molecule has 4 rings (SSSR count). The van der Waals surface area contributed by atoms with E-state index in [1.54, 1.807) is 18.3 Å². The second-order valence-electron chi connectivity index (χ2n) is 9.67. The molecule has 0 aliphatic heterocycles. The summed E-state index contributed by atoms with van der Waals surface area (Å²) in [6.45, 7) is 10.3. The summed E-state index contributed by atoms with van der Waals surface area (Å²) in [5, 5.41) is 7.98. The molecular formula is C24H33N5O4. The summed E-state index contributed by atoms with van der Waals surface area (Å²) in [5.41, 5.74) is -0.00409. The first kappa shape index (κ1) is 24.5. The maximum absolute atomic E-state index is 12.0. The molecule has 0 spiro atoms. The SMILES string of the molecule is CCC1CC1CC(C)CC(=O)OC(C)(C)C.O=c1c2cccnc2cnn1Cc1ncno1. The van der Waals surface area contributed by atoms with E-state index in [0.717, 1.165) is 11.8 Å². The second kappa shape index (κ2) is 10.7. The van der Waals surface area contributed by atoms with E-state index in [4.69, 9.17) is 9.26 Å². The lowest BCUT2D eigenvalue weighted by molar-refractivity contribution is -0.155. The molecule has 0 saturated heterocycles. The third kappa shape index (κ3) is 7.47. The molecule has 178 valence electrons. The number of esters is 1. The van der Waals surface area contributed by atoms with Gasteiger partial charge in [0.2, 0.25) is 5.89 Å². The van der Waals surface area contributed by atoms with Gasteiger partial charge in [0, 0.05) is 12.6 Å². The Kier molecular flexibility index (Phi) is 7.94. The molecule has 1 fully saturated rings. The standard InChI is InChI=1S/C14H26O2.C10H7N5O2/c1-6-11-9-12(11)7-10(2)8-13(15)16-14(3,4)5;16-10-7-2-1-3-11-8(7)4-13-15(10)5-9-12-6-14-17-9/h10-12H,6-9H2,1-5H3;1-4,6H,5H2. The highest BCUT2D eigenvalue weighted by Gasteiger charge is 2.36. The third-order valence-electron chi connectivity index (χ3n) is 5.55. The highest BCUT2D eigenvalue weighted by molar-refractivity contribution is 5.75. The van der Waals surface area contributed by atoms with Crippen LogP contribution in [0.3, 0.4) is 0 Å². The van der Waals surface area contributed by atoms with Gasteiger partial charge in [0.05, 0.1) is 17.1 Å². The van der Waals surface area contributed by atoms with Crippen molar-refractivity contribution in [3.8, 4) is 0 Å². The van der Waals surface area contributed by atoms with Crippen molar-refractivity contribution in [2.75, 3.05) is 0 Å². The van der Waals surface area contributed by atoms with Crippen LogP contribution in [0.1, 0.15) is 66.2 Å². The number of hydrogen-bond donors (Lipinski definition) is 0. The van der Waals surface area contributed by atoms with Gasteiger partial charge in [0.15, 0.2) is 6.33 Å². The molecule has 1 aliphatic carbocycles. The average Bonchev–Trinajstić information content (AvgIpc) is 3.28. The molecule has 1 aliphatic rings. The number of hydrogen-bond acceptors (Lipinski definition) is 8. The normalized spacial score (nSPS) is 18.3. The van der Waals surface area contributed by atoms with Crippen LogP contribution in [0, 0.1) is 17.8 Å². The zero-order valence-corrected chi connectivity index (χ0v) is 20.0. The second-order valence-corrected chi connectivity index (χ2v) is 9.67. The summed E-state index contributed by atoms with van der Waals surface area (Å²) >= 11 is 0. The van der Waals surface area contributed by atoms with Crippen LogP contribution in [0.5, 0.6) is 0 Å². The molecule has 3 atom stereocenters. The van der Waals surface area contributed by atoms with Crippen molar-refractivity contribution in [3.63, 3.8) is 0 Å². The summed E-state index contributed by atoms with van der Waals surface area (Å²) < 4.78 is 11.4. The van der Waals surface area contributed by atoms with Crippen molar-refractivity contribution < 1.29 is 14.1 Å². The molecule has 0 amide bonds. The van der Waals surface area contributed by atoms with Gasteiger partial charge < -0.3 is 9.26 Å². The Morgan fingerprint density at radius 1 is 1.30 bits per heavy atom. The Hall–Kier alpha value is -3.10. The number of ether oxygens (including phenoxy) is 1. The number of pyridine rings is 1. The van der Waals surface area contributed by atoms with Crippen LogP contribution in [0.4, 0.5) is 0 Å². The summed E-state index contributed by atoms with van der Waals surface area (Å²) in [5.74, 6) is 2.57. The number of nitrogens with zero attached hydrogens (tertiary/aromatic N) is 5. The van der Waals surface area contributed by atoms with E-state index in [2.05, 4.69) is 34.1 Å². The van der Waals surface area contributed by atoms with Crippen LogP contribution in [-0.4, -0.2) is 36.5 Å². The van der Waals surface area contributed by atoms with Crippen LogP contribution in [0.15, 0.2) is 40.2 Å². The lowest BCUT2D eigenvalue weighted by atomic mass is 9.99. The highest BCUT2D eigenvalue weighted by Crippen LogP contribution is 2.45. The Morgan fingerprint density at radius 3 is 2.73 bits per heavy atom. The van der Waals surface area contributed by atoms with Crippen molar-refractivity contribution in [3.05, 3.63) is 47.1 Å². The Balaban J connectivity index is 0.000000186. The summed E-state index contributed by atoms with van der Waals surface area (Å²) in [6, 6.07) is 3.41. The molecule has 3 aromatic rings. The number of aromatic nitrogens is 5. The number of carbonyl (C=O) groups is 1.